The lowest BCUT2D eigenvalue weighted by Gasteiger charge is -2.17. The van der Waals surface area contributed by atoms with Crippen molar-refractivity contribution < 1.29 is 0 Å². The fraction of sp³-hybridized carbons (Fsp3) is 0.733. The molecule has 0 saturated carbocycles. The van der Waals surface area contributed by atoms with Gasteiger partial charge in [0.15, 0.2) is 0 Å². The number of aryl methyl sites for hydroxylation is 1. The Balaban J connectivity index is 2.10. The summed E-state index contributed by atoms with van der Waals surface area (Å²) in [5, 5.41) is 0.696. The smallest absolute Gasteiger partial charge is 0.136 e. The van der Waals surface area contributed by atoms with Gasteiger partial charge in [-0.05, 0) is 38.8 Å². The monoisotopic (exact) mass is 281 g/mol. The van der Waals surface area contributed by atoms with E-state index in [1.807, 2.05) is 0 Å². The molecule has 0 amide bonds. The summed E-state index contributed by atoms with van der Waals surface area (Å²) in [7, 11) is 0. The molecule has 1 aliphatic carbocycles. The van der Waals surface area contributed by atoms with Crippen LogP contribution in [0.2, 0.25) is 5.15 Å². The number of hydrogen-bond donors (Lipinski definition) is 0. The van der Waals surface area contributed by atoms with E-state index >= 15 is 0 Å². The van der Waals surface area contributed by atoms with Crippen molar-refractivity contribution >= 4 is 11.6 Å². The first-order chi connectivity index (χ1) is 9.24. The molecule has 0 spiro atoms. The first-order valence-electron chi connectivity index (χ1n) is 7.51. The van der Waals surface area contributed by atoms with Gasteiger partial charge in [-0.25, -0.2) is 9.97 Å². The van der Waals surface area contributed by atoms with E-state index in [0.717, 1.165) is 44.7 Å². The standard InChI is InChI=1S/C15H24ClN3/c1-3-19(4-2)11-10-14-17-13-9-7-5-6-8-12(13)15(16)18-14/h3-11H2,1-2H3. The van der Waals surface area contributed by atoms with Gasteiger partial charge in [0.1, 0.15) is 11.0 Å². The zero-order valence-corrected chi connectivity index (χ0v) is 12.8. The average molecular weight is 282 g/mol. The molecular weight excluding hydrogens is 258 g/mol. The number of halogens is 1. The largest absolute Gasteiger partial charge is 0.303 e. The van der Waals surface area contributed by atoms with E-state index < -0.39 is 0 Å². The van der Waals surface area contributed by atoms with Crippen LogP contribution in [0.15, 0.2) is 0 Å². The summed E-state index contributed by atoms with van der Waals surface area (Å²) in [6.45, 7) is 7.55. The van der Waals surface area contributed by atoms with Crippen LogP contribution in [-0.4, -0.2) is 34.5 Å². The second-order valence-corrected chi connectivity index (χ2v) is 5.55. The molecule has 1 aromatic rings. The van der Waals surface area contributed by atoms with Gasteiger partial charge in [-0.2, -0.15) is 0 Å². The van der Waals surface area contributed by atoms with Gasteiger partial charge in [-0.1, -0.05) is 31.9 Å². The molecule has 0 bridgehead atoms. The van der Waals surface area contributed by atoms with E-state index in [1.165, 1.54) is 30.5 Å². The van der Waals surface area contributed by atoms with Crippen molar-refractivity contribution in [2.24, 2.45) is 0 Å². The Morgan fingerprint density at radius 3 is 2.53 bits per heavy atom. The van der Waals surface area contributed by atoms with Gasteiger partial charge >= 0.3 is 0 Å². The second kappa shape index (κ2) is 7.20. The van der Waals surface area contributed by atoms with Crippen LogP contribution in [0.25, 0.3) is 0 Å². The zero-order chi connectivity index (χ0) is 13.7. The van der Waals surface area contributed by atoms with Crippen LogP contribution in [-0.2, 0) is 19.3 Å². The number of nitrogens with zero attached hydrogens (tertiary/aromatic N) is 3. The summed E-state index contributed by atoms with van der Waals surface area (Å²) in [5.41, 5.74) is 2.40. The van der Waals surface area contributed by atoms with Crippen LogP contribution < -0.4 is 0 Å². The van der Waals surface area contributed by atoms with Crippen molar-refractivity contribution in [1.82, 2.24) is 14.9 Å². The Morgan fingerprint density at radius 1 is 1.05 bits per heavy atom. The normalized spacial score (nSPS) is 15.4. The highest BCUT2D eigenvalue weighted by atomic mass is 35.5. The van der Waals surface area contributed by atoms with E-state index in [2.05, 4.69) is 23.7 Å². The summed E-state index contributed by atoms with van der Waals surface area (Å²) in [6.07, 6.45) is 6.74. The van der Waals surface area contributed by atoms with Crippen LogP contribution in [0, 0.1) is 0 Å². The summed E-state index contributed by atoms with van der Waals surface area (Å²) in [4.78, 5) is 11.6. The molecule has 1 aliphatic rings. The highest BCUT2D eigenvalue weighted by Crippen LogP contribution is 2.24. The average Bonchev–Trinajstić information content (AvgIpc) is 2.65. The summed E-state index contributed by atoms with van der Waals surface area (Å²) >= 11 is 6.34. The third-order valence-corrected chi connectivity index (χ3v) is 4.29. The molecule has 1 heterocycles. The minimum absolute atomic E-state index is 0.696. The van der Waals surface area contributed by atoms with Gasteiger partial charge < -0.3 is 4.90 Å². The zero-order valence-electron chi connectivity index (χ0n) is 12.1. The van der Waals surface area contributed by atoms with Gasteiger partial charge in [-0.15, -0.1) is 0 Å². The number of fused-ring (bicyclic) bond motifs is 1. The number of likely N-dealkylation sites (N-methyl/N-ethyl adjacent to an activating group) is 1. The fourth-order valence-electron chi connectivity index (χ4n) is 2.68. The Bertz CT molecular complexity index is 416. The van der Waals surface area contributed by atoms with E-state index in [-0.39, 0.29) is 0 Å². The summed E-state index contributed by atoms with van der Waals surface area (Å²) in [5.74, 6) is 0.914. The van der Waals surface area contributed by atoms with Crippen molar-refractivity contribution in [3.8, 4) is 0 Å². The molecule has 4 heteroatoms. The van der Waals surface area contributed by atoms with Crippen molar-refractivity contribution in [3.05, 3.63) is 22.2 Å². The second-order valence-electron chi connectivity index (χ2n) is 5.19. The highest BCUT2D eigenvalue weighted by molar-refractivity contribution is 6.30. The molecule has 106 valence electrons. The van der Waals surface area contributed by atoms with Crippen molar-refractivity contribution in [2.75, 3.05) is 19.6 Å². The predicted molar refractivity (Wildman–Crippen MR) is 79.8 cm³/mol. The van der Waals surface area contributed by atoms with Crippen LogP contribution in [0.1, 0.15) is 50.2 Å². The Morgan fingerprint density at radius 2 is 1.79 bits per heavy atom. The molecule has 0 atom stereocenters. The minimum Gasteiger partial charge on any atom is -0.303 e. The lowest BCUT2D eigenvalue weighted by Crippen LogP contribution is -2.26. The van der Waals surface area contributed by atoms with Crippen molar-refractivity contribution in [3.63, 3.8) is 0 Å². The first kappa shape index (κ1) is 14.7. The van der Waals surface area contributed by atoms with Gasteiger partial charge in [0.2, 0.25) is 0 Å². The third kappa shape index (κ3) is 3.90. The predicted octanol–water partition coefficient (Wildman–Crippen LogP) is 3.28. The molecule has 2 rings (SSSR count). The molecular formula is C15H24ClN3. The van der Waals surface area contributed by atoms with Crippen LogP contribution in [0.5, 0.6) is 0 Å². The Kier molecular flexibility index (Phi) is 5.59. The van der Waals surface area contributed by atoms with E-state index in [1.54, 1.807) is 0 Å². The van der Waals surface area contributed by atoms with Crippen LogP contribution in [0.3, 0.4) is 0 Å². The van der Waals surface area contributed by atoms with Crippen molar-refractivity contribution in [1.29, 1.82) is 0 Å². The first-order valence-corrected chi connectivity index (χ1v) is 7.88. The summed E-state index contributed by atoms with van der Waals surface area (Å²) in [6, 6.07) is 0. The third-order valence-electron chi connectivity index (χ3n) is 3.98. The maximum atomic E-state index is 6.34. The van der Waals surface area contributed by atoms with E-state index in [9.17, 15) is 0 Å². The molecule has 0 saturated heterocycles. The maximum Gasteiger partial charge on any atom is 0.136 e. The van der Waals surface area contributed by atoms with Gasteiger partial charge in [0.25, 0.3) is 0 Å². The maximum absolute atomic E-state index is 6.34. The molecule has 0 aromatic carbocycles. The lowest BCUT2D eigenvalue weighted by atomic mass is 10.1. The molecule has 0 fully saturated rings. The SMILES string of the molecule is CCN(CC)CCc1nc(Cl)c2c(n1)CCCCC2. The number of aromatic nitrogens is 2. The van der Waals surface area contributed by atoms with Crippen LogP contribution in [0.4, 0.5) is 0 Å². The van der Waals surface area contributed by atoms with Gasteiger partial charge in [0.05, 0.1) is 0 Å². The van der Waals surface area contributed by atoms with E-state index in [0.29, 0.717) is 5.15 Å². The van der Waals surface area contributed by atoms with Crippen molar-refractivity contribution in [2.45, 2.75) is 52.4 Å². The number of hydrogen-bond acceptors (Lipinski definition) is 3. The number of rotatable bonds is 5. The van der Waals surface area contributed by atoms with Gasteiger partial charge in [0, 0.05) is 24.2 Å². The van der Waals surface area contributed by atoms with Crippen LogP contribution >= 0.6 is 11.6 Å². The topological polar surface area (TPSA) is 29.0 Å². The highest BCUT2D eigenvalue weighted by Gasteiger charge is 2.15. The molecule has 19 heavy (non-hydrogen) atoms. The summed E-state index contributed by atoms with van der Waals surface area (Å²) < 4.78 is 0. The molecule has 0 unspecified atom stereocenters. The lowest BCUT2D eigenvalue weighted by molar-refractivity contribution is 0.305. The quantitative estimate of drug-likeness (QED) is 0.613. The fourth-order valence-corrected chi connectivity index (χ4v) is 2.98. The molecule has 0 radical (unpaired) electrons. The molecule has 0 aliphatic heterocycles. The Hall–Kier alpha value is -0.670. The van der Waals surface area contributed by atoms with E-state index in [4.69, 9.17) is 16.6 Å². The molecule has 1 aromatic heterocycles. The molecule has 0 N–H and O–H groups in total. The van der Waals surface area contributed by atoms with Gasteiger partial charge in [-0.3, -0.25) is 0 Å². The Labute approximate surface area is 121 Å². The minimum atomic E-state index is 0.696. The molecule has 3 nitrogen and oxygen atoms in total.